The van der Waals surface area contributed by atoms with Gasteiger partial charge in [0.2, 0.25) is 5.91 Å². The van der Waals surface area contributed by atoms with Crippen LogP contribution in [0.5, 0.6) is 0 Å². The molecule has 0 aliphatic carbocycles. The zero-order valence-electron chi connectivity index (χ0n) is 16.3. The fourth-order valence-electron chi connectivity index (χ4n) is 3.76. The van der Waals surface area contributed by atoms with Gasteiger partial charge in [-0.2, -0.15) is 5.10 Å². The molecule has 4 rings (SSSR count). The number of carbonyl (C=O) groups is 1. The van der Waals surface area contributed by atoms with E-state index in [0.29, 0.717) is 26.1 Å². The molecule has 1 fully saturated rings. The van der Waals surface area contributed by atoms with E-state index < -0.39 is 0 Å². The minimum Gasteiger partial charge on any atom is -0.370 e. The molecule has 0 bridgehead atoms. The molecular formula is C23H25N3O2. The lowest BCUT2D eigenvalue weighted by molar-refractivity contribution is -0.138. The number of morpholine rings is 1. The first-order valence-corrected chi connectivity index (χ1v) is 9.68. The van der Waals surface area contributed by atoms with Crippen molar-refractivity contribution in [2.45, 2.75) is 26.4 Å². The van der Waals surface area contributed by atoms with E-state index >= 15 is 0 Å². The SMILES string of the molecule is Cc1nn(-c2ccccc2)c(C)c1CC(=O)N1CCOC(c2ccccc2)C1. The summed E-state index contributed by atoms with van der Waals surface area (Å²) in [7, 11) is 0. The van der Waals surface area contributed by atoms with Gasteiger partial charge in [-0.05, 0) is 31.5 Å². The van der Waals surface area contributed by atoms with Crippen molar-refractivity contribution < 1.29 is 9.53 Å². The predicted molar refractivity (Wildman–Crippen MR) is 108 cm³/mol. The van der Waals surface area contributed by atoms with Gasteiger partial charge in [0.15, 0.2) is 0 Å². The van der Waals surface area contributed by atoms with Crippen molar-refractivity contribution in [3.63, 3.8) is 0 Å². The van der Waals surface area contributed by atoms with Crippen molar-refractivity contribution >= 4 is 5.91 Å². The van der Waals surface area contributed by atoms with Crippen LogP contribution in [-0.2, 0) is 16.0 Å². The van der Waals surface area contributed by atoms with Crippen molar-refractivity contribution in [3.8, 4) is 5.69 Å². The highest BCUT2D eigenvalue weighted by molar-refractivity contribution is 5.79. The monoisotopic (exact) mass is 375 g/mol. The van der Waals surface area contributed by atoms with Gasteiger partial charge in [0, 0.05) is 17.8 Å². The lowest BCUT2D eigenvalue weighted by atomic mass is 10.1. The number of nitrogens with zero attached hydrogens (tertiary/aromatic N) is 3. The van der Waals surface area contributed by atoms with Crippen LogP contribution in [-0.4, -0.2) is 40.3 Å². The molecule has 0 spiro atoms. The maximum Gasteiger partial charge on any atom is 0.227 e. The van der Waals surface area contributed by atoms with Gasteiger partial charge >= 0.3 is 0 Å². The van der Waals surface area contributed by atoms with E-state index in [2.05, 4.69) is 17.2 Å². The molecule has 1 unspecified atom stereocenters. The van der Waals surface area contributed by atoms with Crippen molar-refractivity contribution in [1.82, 2.24) is 14.7 Å². The fraction of sp³-hybridized carbons (Fsp3) is 0.304. The molecule has 1 atom stereocenters. The summed E-state index contributed by atoms with van der Waals surface area (Å²) in [6, 6.07) is 20.1. The molecule has 5 heteroatoms. The van der Waals surface area contributed by atoms with Crippen LogP contribution in [0.1, 0.15) is 28.6 Å². The first kappa shape index (κ1) is 18.4. The third kappa shape index (κ3) is 3.71. The molecule has 1 aliphatic heterocycles. The summed E-state index contributed by atoms with van der Waals surface area (Å²) in [5.74, 6) is 0.128. The molecule has 1 aromatic heterocycles. The Balaban J connectivity index is 1.50. The topological polar surface area (TPSA) is 47.4 Å². The largest absolute Gasteiger partial charge is 0.370 e. The zero-order valence-corrected chi connectivity index (χ0v) is 16.3. The Hall–Kier alpha value is -2.92. The summed E-state index contributed by atoms with van der Waals surface area (Å²) >= 11 is 0. The summed E-state index contributed by atoms with van der Waals surface area (Å²) in [4.78, 5) is 14.9. The summed E-state index contributed by atoms with van der Waals surface area (Å²) in [5, 5.41) is 4.66. The third-order valence-corrected chi connectivity index (χ3v) is 5.36. The molecule has 2 aromatic carbocycles. The van der Waals surface area contributed by atoms with Crippen molar-refractivity contribution in [1.29, 1.82) is 0 Å². The molecule has 144 valence electrons. The van der Waals surface area contributed by atoms with Crippen molar-refractivity contribution in [3.05, 3.63) is 83.2 Å². The maximum atomic E-state index is 13.0. The molecule has 2 heterocycles. The van der Waals surface area contributed by atoms with E-state index in [1.165, 1.54) is 0 Å². The second-order valence-electron chi connectivity index (χ2n) is 7.18. The van der Waals surface area contributed by atoms with Crippen LogP contribution < -0.4 is 0 Å². The number of amides is 1. The highest BCUT2D eigenvalue weighted by atomic mass is 16.5. The van der Waals surface area contributed by atoms with E-state index in [4.69, 9.17) is 4.74 Å². The van der Waals surface area contributed by atoms with Crippen LogP contribution in [0, 0.1) is 13.8 Å². The van der Waals surface area contributed by atoms with Crippen molar-refractivity contribution in [2.75, 3.05) is 19.7 Å². The number of hydrogen-bond donors (Lipinski definition) is 0. The summed E-state index contributed by atoms with van der Waals surface area (Å²) in [6.45, 7) is 5.79. The lowest BCUT2D eigenvalue weighted by Gasteiger charge is -2.33. The van der Waals surface area contributed by atoms with Crippen LogP contribution >= 0.6 is 0 Å². The standard InChI is InChI=1S/C23H25N3O2/c1-17-21(18(2)26(24-17)20-11-7-4-8-12-20)15-23(27)25-13-14-28-22(16-25)19-9-5-3-6-10-19/h3-12,22H,13-16H2,1-2H3. The van der Waals surface area contributed by atoms with Gasteiger partial charge in [-0.25, -0.2) is 4.68 Å². The van der Waals surface area contributed by atoms with E-state index in [9.17, 15) is 4.79 Å². The number of carbonyl (C=O) groups excluding carboxylic acids is 1. The molecule has 1 saturated heterocycles. The summed E-state index contributed by atoms with van der Waals surface area (Å²) in [6.07, 6.45) is 0.305. The lowest BCUT2D eigenvalue weighted by Crippen LogP contribution is -2.43. The van der Waals surface area contributed by atoms with Gasteiger partial charge in [0.1, 0.15) is 6.10 Å². The second-order valence-corrected chi connectivity index (χ2v) is 7.18. The Kier molecular flexibility index (Phi) is 5.26. The number of aromatic nitrogens is 2. The quantitative estimate of drug-likeness (QED) is 0.700. The zero-order chi connectivity index (χ0) is 19.5. The average Bonchev–Trinajstić information content (AvgIpc) is 3.03. The highest BCUT2D eigenvalue weighted by Gasteiger charge is 2.26. The Bertz CT molecular complexity index is 951. The minimum absolute atomic E-state index is 0.0619. The number of ether oxygens (including phenoxy) is 1. The van der Waals surface area contributed by atoms with Gasteiger partial charge in [0.05, 0.1) is 31.0 Å². The first-order valence-electron chi connectivity index (χ1n) is 9.68. The molecule has 28 heavy (non-hydrogen) atoms. The molecule has 1 amide bonds. The molecule has 3 aromatic rings. The van der Waals surface area contributed by atoms with Crippen LogP contribution in [0.25, 0.3) is 5.69 Å². The average molecular weight is 375 g/mol. The fourth-order valence-corrected chi connectivity index (χ4v) is 3.76. The van der Waals surface area contributed by atoms with Gasteiger partial charge in [-0.3, -0.25) is 4.79 Å². The normalized spacial score (nSPS) is 16.9. The molecule has 1 aliphatic rings. The minimum atomic E-state index is -0.0619. The second kappa shape index (κ2) is 7.98. The Morgan fingerprint density at radius 1 is 1.07 bits per heavy atom. The first-order chi connectivity index (χ1) is 13.6. The van der Waals surface area contributed by atoms with Gasteiger partial charge in [-0.1, -0.05) is 48.5 Å². The summed E-state index contributed by atoms with van der Waals surface area (Å²) in [5.41, 5.74) is 5.06. The van der Waals surface area contributed by atoms with Crippen LogP contribution in [0.2, 0.25) is 0 Å². The van der Waals surface area contributed by atoms with Crippen LogP contribution in [0.15, 0.2) is 60.7 Å². The number of aryl methyl sites for hydroxylation is 1. The van der Waals surface area contributed by atoms with Gasteiger partial charge < -0.3 is 9.64 Å². The Morgan fingerprint density at radius 2 is 1.75 bits per heavy atom. The highest BCUT2D eigenvalue weighted by Crippen LogP contribution is 2.24. The van der Waals surface area contributed by atoms with E-state index in [0.717, 1.165) is 28.2 Å². The molecule has 0 N–H and O–H groups in total. The van der Waals surface area contributed by atoms with E-state index in [1.54, 1.807) is 0 Å². The molecule has 0 radical (unpaired) electrons. The summed E-state index contributed by atoms with van der Waals surface area (Å²) < 4.78 is 7.81. The third-order valence-electron chi connectivity index (χ3n) is 5.36. The smallest absolute Gasteiger partial charge is 0.227 e. The maximum absolute atomic E-state index is 13.0. The van der Waals surface area contributed by atoms with Crippen molar-refractivity contribution in [2.24, 2.45) is 0 Å². The molecular weight excluding hydrogens is 350 g/mol. The number of rotatable bonds is 4. The number of para-hydroxylation sites is 1. The predicted octanol–water partition coefficient (Wildman–Crippen LogP) is 3.63. The van der Waals surface area contributed by atoms with E-state index in [-0.39, 0.29) is 12.0 Å². The van der Waals surface area contributed by atoms with E-state index in [1.807, 2.05) is 72.0 Å². The Morgan fingerprint density at radius 3 is 2.46 bits per heavy atom. The molecule has 0 saturated carbocycles. The van der Waals surface area contributed by atoms with Crippen LogP contribution in [0.3, 0.4) is 0 Å². The molecule has 5 nitrogen and oxygen atoms in total. The Labute approximate surface area is 165 Å². The number of hydrogen-bond acceptors (Lipinski definition) is 3. The van der Waals surface area contributed by atoms with Gasteiger partial charge in [0.25, 0.3) is 0 Å². The number of benzene rings is 2. The van der Waals surface area contributed by atoms with Crippen LogP contribution in [0.4, 0.5) is 0 Å². The van der Waals surface area contributed by atoms with Gasteiger partial charge in [-0.15, -0.1) is 0 Å².